The molecule has 0 fully saturated rings. The smallest absolute Gasteiger partial charge is 0.201 e. The van der Waals surface area contributed by atoms with E-state index in [1.54, 1.807) is 29.0 Å². The van der Waals surface area contributed by atoms with Gasteiger partial charge in [-0.05, 0) is 23.8 Å². The van der Waals surface area contributed by atoms with Gasteiger partial charge in [-0.2, -0.15) is 15.5 Å². The van der Waals surface area contributed by atoms with Crippen molar-refractivity contribution in [2.75, 3.05) is 5.43 Å². The van der Waals surface area contributed by atoms with Crippen LogP contribution in [0.5, 0.6) is 0 Å². The molecule has 0 amide bonds. The molecule has 4 rings (SSSR count). The first kappa shape index (κ1) is 17.9. The normalized spacial score (nSPS) is 11.2. The van der Waals surface area contributed by atoms with Gasteiger partial charge in [0.25, 0.3) is 0 Å². The highest BCUT2D eigenvalue weighted by Crippen LogP contribution is 2.28. The molecule has 2 heterocycles. The van der Waals surface area contributed by atoms with Gasteiger partial charge in [0, 0.05) is 17.3 Å². The van der Waals surface area contributed by atoms with Gasteiger partial charge < -0.3 is 5.73 Å². The molecule has 29 heavy (non-hydrogen) atoms. The molecule has 140 valence electrons. The van der Waals surface area contributed by atoms with Crippen molar-refractivity contribution < 1.29 is 0 Å². The standard InChI is InChI=1S/C21H16N8/c22-12-18(20(23)24)28-27-16-8-4-7-15(11-16)19-9-10-25-21-17(13-26-29(19)21)14-5-2-1-3-6-14/h1-11,13,27H,(H3,23,24)/b28-18+. The fourth-order valence-electron chi connectivity index (χ4n) is 2.95. The summed E-state index contributed by atoms with van der Waals surface area (Å²) in [6.45, 7) is 0. The number of hydrogen-bond donors (Lipinski definition) is 3. The first-order chi connectivity index (χ1) is 14.2. The van der Waals surface area contributed by atoms with Crippen molar-refractivity contribution in [2.24, 2.45) is 10.8 Å². The van der Waals surface area contributed by atoms with Crippen molar-refractivity contribution in [2.45, 2.75) is 0 Å². The van der Waals surface area contributed by atoms with Gasteiger partial charge in [-0.1, -0.05) is 42.5 Å². The lowest BCUT2D eigenvalue weighted by Gasteiger charge is -2.08. The Hall–Kier alpha value is -4.51. The first-order valence-corrected chi connectivity index (χ1v) is 8.74. The Morgan fingerprint density at radius 2 is 1.90 bits per heavy atom. The molecule has 8 nitrogen and oxygen atoms in total. The number of aromatic nitrogens is 3. The van der Waals surface area contributed by atoms with Gasteiger partial charge in [-0.25, -0.2) is 9.50 Å². The van der Waals surface area contributed by atoms with E-state index in [4.69, 9.17) is 16.4 Å². The van der Waals surface area contributed by atoms with Crippen LogP contribution in [0.25, 0.3) is 28.0 Å². The number of nitrogens with one attached hydrogen (secondary N) is 2. The summed E-state index contributed by atoms with van der Waals surface area (Å²) in [6, 6.07) is 21.1. The highest BCUT2D eigenvalue weighted by molar-refractivity contribution is 6.45. The van der Waals surface area contributed by atoms with Gasteiger partial charge in [0.15, 0.2) is 11.5 Å². The molecule has 0 bridgehead atoms. The van der Waals surface area contributed by atoms with Crippen LogP contribution in [0.1, 0.15) is 0 Å². The van der Waals surface area contributed by atoms with Gasteiger partial charge in [0.05, 0.1) is 17.6 Å². The zero-order valence-corrected chi connectivity index (χ0v) is 15.2. The molecular formula is C21H16N8. The van der Waals surface area contributed by atoms with E-state index in [2.05, 4.69) is 20.6 Å². The molecule has 0 radical (unpaired) electrons. The number of anilines is 1. The third kappa shape index (κ3) is 3.52. The lowest BCUT2D eigenvalue weighted by molar-refractivity contribution is 0.948. The third-order valence-electron chi connectivity index (χ3n) is 4.30. The van der Waals surface area contributed by atoms with Crippen molar-refractivity contribution >= 4 is 22.9 Å². The minimum atomic E-state index is -0.392. The summed E-state index contributed by atoms with van der Waals surface area (Å²) in [7, 11) is 0. The SMILES string of the molecule is N#C/C(=N\Nc1cccc(-c2ccnc3c(-c4ccccc4)cnn23)c1)C(=N)N. The van der Waals surface area contributed by atoms with Crippen LogP contribution in [0.4, 0.5) is 5.69 Å². The maximum atomic E-state index is 8.96. The molecule has 2 aromatic heterocycles. The minimum absolute atomic E-state index is 0.179. The molecular weight excluding hydrogens is 364 g/mol. The molecule has 8 heteroatoms. The van der Waals surface area contributed by atoms with Crippen LogP contribution in [0.3, 0.4) is 0 Å². The van der Waals surface area contributed by atoms with Crippen molar-refractivity contribution in [3.05, 3.63) is 73.1 Å². The lowest BCUT2D eigenvalue weighted by atomic mass is 10.1. The molecule has 0 unspecified atom stereocenters. The second kappa shape index (κ2) is 7.62. The second-order valence-corrected chi connectivity index (χ2v) is 6.17. The largest absolute Gasteiger partial charge is 0.382 e. The second-order valence-electron chi connectivity index (χ2n) is 6.17. The molecule has 0 saturated carbocycles. The van der Waals surface area contributed by atoms with Gasteiger partial charge in [0.1, 0.15) is 6.07 Å². The van der Waals surface area contributed by atoms with Crippen LogP contribution in [0, 0.1) is 16.7 Å². The molecule has 2 aromatic carbocycles. The highest BCUT2D eigenvalue weighted by Gasteiger charge is 2.12. The monoisotopic (exact) mass is 380 g/mol. The van der Waals surface area contributed by atoms with Crippen LogP contribution < -0.4 is 11.2 Å². The number of hydrazone groups is 1. The van der Waals surface area contributed by atoms with E-state index in [9.17, 15) is 0 Å². The Balaban J connectivity index is 1.74. The van der Waals surface area contributed by atoms with Crippen LogP contribution in [0.15, 0.2) is 78.2 Å². The van der Waals surface area contributed by atoms with Gasteiger partial charge >= 0.3 is 0 Å². The minimum Gasteiger partial charge on any atom is -0.382 e. The molecule has 4 aromatic rings. The summed E-state index contributed by atoms with van der Waals surface area (Å²) in [5.74, 6) is -0.392. The van der Waals surface area contributed by atoms with Gasteiger partial charge in [-0.3, -0.25) is 10.8 Å². The van der Waals surface area contributed by atoms with E-state index >= 15 is 0 Å². The predicted molar refractivity (Wildman–Crippen MR) is 112 cm³/mol. The number of amidine groups is 1. The van der Waals surface area contributed by atoms with Gasteiger partial charge in [-0.15, -0.1) is 0 Å². The Bertz CT molecular complexity index is 1260. The van der Waals surface area contributed by atoms with Gasteiger partial charge in [0.2, 0.25) is 5.71 Å². The summed E-state index contributed by atoms with van der Waals surface area (Å²) in [6.07, 6.45) is 3.56. The zero-order chi connectivity index (χ0) is 20.2. The highest BCUT2D eigenvalue weighted by atomic mass is 15.3. The van der Waals surface area contributed by atoms with Crippen molar-refractivity contribution in [3.63, 3.8) is 0 Å². The number of hydrogen-bond acceptors (Lipinski definition) is 6. The third-order valence-corrected chi connectivity index (χ3v) is 4.30. The molecule has 0 atom stereocenters. The Labute approximate surface area is 166 Å². The maximum absolute atomic E-state index is 8.96. The Morgan fingerprint density at radius 1 is 1.10 bits per heavy atom. The molecule has 4 N–H and O–H groups in total. The molecule has 0 aliphatic rings. The van der Waals surface area contributed by atoms with E-state index in [0.29, 0.717) is 5.69 Å². The van der Waals surface area contributed by atoms with E-state index in [1.807, 2.05) is 54.6 Å². The van der Waals surface area contributed by atoms with E-state index in [-0.39, 0.29) is 5.71 Å². The topological polar surface area (TPSA) is 128 Å². The number of rotatable bonds is 5. The summed E-state index contributed by atoms with van der Waals surface area (Å²) in [5, 5.41) is 24.7. The molecule has 0 saturated heterocycles. The lowest BCUT2D eigenvalue weighted by Crippen LogP contribution is -2.21. The number of benzene rings is 2. The fraction of sp³-hybridized carbons (Fsp3) is 0. The van der Waals surface area contributed by atoms with Crippen molar-refractivity contribution in [3.8, 4) is 28.5 Å². The number of nitrogens with zero attached hydrogens (tertiary/aromatic N) is 5. The first-order valence-electron chi connectivity index (χ1n) is 8.74. The molecule has 0 spiro atoms. The van der Waals surface area contributed by atoms with Crippen LogP contribution in [0.2, 0.25) is 0 Å². The average Bonchev–Trinajstić information content (AvgIpc) is 3.19. The summed E-state index contributed by atoms with van der Waals surface area (Å²) in [4.78, 5) is 4.51. The number of fused-ring (bicyclic) bond motifs is 1. The van der Waals surface area contributed by atoms with E-state index < -0.39 is 5.84 Å². The Kier molecular flexibility index (Phi) is 4.70. The van der Waals surface area contributed by atoms with E-state index in [1.165, 1.54) is 0 Å². The quantitative estimate of drug-likeness (QED) is 0.278. The molecule has 0 aliphatic carbocycles. The van der Waals surface area contributed by atoms with Crippen molar-refractivity contribution in [1.82, 2.24) is 14.6 Å². The predicted octanol–water partition coefficient (Wildman–Crippen LogP) is 3.29. The summed E-state index contributed by atoms with van der Waals surface area (Å²) < 4.78 is 1.79. The van der Waals surface area contributed by atoms with E-state index in [0.717, 1.165) is 28.0 Å². The summed E-state index contributed by atoms with van der Waals surface area (Å²) >= 11 is 0. The molecule has 0 aliphatic heterocycles. The Morgan fingerprint density at radius 3 is 2.66 bits per heavy atom. The summed E-state index contributed by atoms with van der Waals surface area (Å²) in [5.41, 5.74) is 13.1. The number of nitrogens with two attached hydrogens (primary N) is 1. The van der Waals surface area contributed by atoms with Crippen LogP contribution >= 0.6 is 0 Å². The van der Waals surface area contributed by atoms with Crippen molar-refractivity contribution in [1.29, 1.82) is 10.7 Å². The zero-order valence-electron chi connectivity index (χ0n) is 15.2. The maximum Gasteiger partial charge on any atom is 0.201 e. The van der Waals surface area contributed by atoms with Crippen LogP contribution in [-0.4, -0.2) is 26.1 Å². The van der Waals surface area contributed by atoms with Crippen LogP contribution in [-0.2, 0) is 0 Å². The number of nitriles is 1. The average molecular weight is 380 g/mol. The fourth-order valence-corrected chi connectivity index (χ4v) is 2.95.